The minimum absolute atomic E-state index is 0.0375. The zero-order valence-electron chi connectivity index (χ0n) is 15.8. The lowest BCUT2D eigenvalue weighted by atomic mass is 10.1. The van der Waals surface area contributed by atoms with E-state index in [9.17, 15) is 4.79 Å². The highest BCUT2D eigenvalue weighted by molar-refractivity contribution is 5.92. The van der Waals surface area contributed by atoms with Gasteiger partial charge in [0.1, 0.15) is 6.61 Å². The van der Waals surface area contributed by atoms with Crippen LogP contribution in [0.3, 0.4) is 0 Å². The van der Waals surface area contributed by atoms with E-state index in [1.165, 1.54) is 11.3 Å². The van der Waals surface area contributed by atoms with Gasteiger partial charge in [-0.3, -0.25) is 4.79 Å². The van der Waals surface area contributed by atoms with Crippen molar-refractivity contribution >= 4 is 17.3 Å². The van der Waals surface area contributed by atoms with Gasteiger partial charge in [0, 0.05) is 24.5 Å². The van der Waals surface area contributed by atoms with Crippen molar-refractivity contribution in [2.75, 3.05) is 23.4 Å². The first-order valence-electron chi connectivity index (χ1n) is 9.62. The maximum absolute atomic E-state index is 12.3. The summed E-state index contributed by atoms with van der Waals surface area (Å²) in [5.74, 6) is -0.134. The van der Waals surface area contributed by atoms with Crippen molar-refractivity contribution in [3.8, 4) is 0 Å². The van der Waals surface area contributed by atoms with Crippen molar-refractivity contribution in [3.05, 3.63) is 95.6 Å². The number of ether oxygens (including phenoxy) is 1. The number of amides is 1. The smallest absolute Gasteiger partial charge is 0.250 e. The Hall–Kier alpha value is -3.11. The molecule has 0 radical (unpaired) electrons. The highest BCUT2D eigenvalue weighted by Crippen LogP contribution is 2.30. The highest BCUT2D eigenvalue weighted by atomic mass is 16.5. The number of benzene rings is 3. The summed E-state index contributed by atoms with van der Waals surface area (Å²) in [5.41, 5.74) is 5.69. The largest absolute Gasteiger partial charge is 0.367 e. The quantitative estimate of drug-likeness (QED) is 0.668. The molecular weight excluding hydrogens is 348 g/mol. The van der Waals surface area contributed by atoms with Crippen LogP contribution in [0, 0.1) is 0 Å². The number of hydrogen-bond donors (Lipinski definition) is 1. The van der Waals surface area contributed by atoms with Crippen LogP contribution in [0.4, 0.5) is 11.4 Å². The van der Waals surface area contributed by atoms with Crippen LogP contribution in [0.2, 0.25) is 0 Å². The lowest BCUT2D eigenvalue weighted by Gasteiger charge is -2.21. The number of para-hydroxylation sites is 2. The van der Waals surface area contributed by atoms with Crippen LogP contribution in [-0.2, 0) is 29.1 Å². The molecular formula is C24H24N2O2. The second kappa shape index (κ2) is 8.72. The van der Waals surface area contributed by atoms with Crippen LogP contribution in [-0.4, -0.2) is 19.1 Å². The van der Waals surface area contributed by atoms with Crippen LogP contribution in [0.25, 0.3) is 0 Å². The summed E-state index contributed by atoms with van der Waals surface area (Å²) >= 11 is 0. The third-order valence-corrected chi connectivity index (χ3v) is 4.98. The molecule has 1 heterocycles. The summed E-state index contributed by atoms with van der Waals surface area (Å²) in [7, 11) is 0. The number of nitrogens with one attached hydrogen (secondary N) is 1. The predicted molar refractivity (Wildman–Crippen MR) is 112 cm³/mol. The normalized spacial score (nSPS) is 12.6. The number of hydrogen-bond acceptors (Lipinski definition) is 3. The van der Waals surface area contributed by atoms with E-state index < -0.39 is 0 Å². The molecule has 3 aromatic carbocycles. The summed E-state index contributed by atoms with van der Waals surface area (Å²) in [6.45, 7) is 2.25. The first kappa shape index (κ1) is 18.3. The second-order valence-corrected chi connectivity index (χ2v) is 6.98. The number of anilines is 2. The average Bonchev–Trinajstić information content (AvgIpc) is 3.13. The topological polar surface area (TPSA) is 41.6 Å². The van der Waals surface area contributed by atoms with Gasteiger partial charge in [-0.1, -0.05) is 66.7 Å². The van der Waals surface area contributed by atoms with Crippen LogP contribution >= 0.6 is 0 Å². The van der Waals surface area contributed by atoms with Gasteiger partial charge in [-0.15, -0.1) is 0 Å². The molecule has 142 valence electrons. The Morgan fingerprint density at radius 3 is 2.57 bits per heavy atom. The van der Waals surface area contributed by atoms with E-state index in [1.807, 2.05) is 48.5 Å². The fraction of sp³-hybridized carbons (Fsp3) is 0.208. The Balaban J connectivity index is 1.36. The van der Waals surface area contributed by atoms with E-state index >= 15 is 0 Å². The van der Waals surface area contributed by atoms with E-state index in [1.54, 1.807) is 0 Å². The van der Waals surface area contributed by atoms with Gasteiger partial charge in [0.15, 0.2) is 0 Å². The molecule has 0 spiro atoms. The molecule has 0 saturated heterocycles. The summed E-state index contributed by atoms with van der Waals surface area (Å²) < 4.78 is 5.55. The SMILES string of the molecule is O=C(COCc1ccccc1)Nc1ccccc1CN1CCc2ccccc21. The minimum Gasteiger partial charge on any atom is -0.367 e. The molecule has 0 saturated carbocycles. The van der Waals surface area contributed by atoms with Crippen molar-refractivity contribution in [1.82, 2.24) is 0 Å². The standard InChI is InChI=1S/C24H24N2O2/c27-24(18-28-17-19-8-2-1-3-9-19)25-22-12-6-4-11-21(22)16-26-15-14-20-10-5-7-13-23(20)26/h1-13H,14-18H2,(H,25,27). The Bertz CT molecular complexity index is 940. The second-order valence-electron chi connectivity index (χ2n) is 6.98. The zero-order valence-corrected chi connectivity index (χ0v) is 15.8. The first-order chi connectivity index (χ1) is 13.8. The number of carbonyl (C=O) groups excluding carboxylic acids is 1. The average molecular weight is 372 g/mol. The van der Waals surface area contributed by atoms with Gasteiger partial charge in [-0.05, 0) is 35.2 Å². The molecule has 4 rings (SSSR count). The molecule has 0 atom stereocenters. The summed E-state index contributed by atoms with van der Waals surface area (Å²) in [5, 5.41) is 3.00. The molecule has 0 unspecified atom stereocenters. The van der Waals surface area contributed by atoms with Gasteiger partial charge in [0.05, 0.1) is 6.61 Å². The van der Waals surface area contributed by atoms with Gasteiger partial charge < -0.3 is 15.0 Å². The van der Waals surface area contributed by atoms with Gasteiger partial charge in [-0.2, -0.15) is 0 Å². The van der Waals surface area contributed by atoms with E-state index in [0.29, 0.717) is 6.61 Å². The minimum atomic E-state index is -0.134. The predicted octanol–water partition coefficient (Wildman–Crippen LogP) is 4.40. The van der Waals surface area contributed by atoms with Crippen molar-refractivity contribution in [3.63, 3.8) is 0 Å². The molecule has 4 heteroatoms. The number of carbonyl (C=O) groups is 1. The lowest BCUT2D eigenvalue weighted by molar-refractivity contribution is -0.121. The first-order valence-corrected chi connectivity index (χ1v) is 9.62. The maximum atomic E-state index is 12.3. The molecule has 1 aliphatic heterocycles. The Kier molecular flexibility index (Phi) is 5.69. The Morgan fingerprint density at radius 2 is 1.68 bits per heavy atom. The molecule has 1 amide bonds. The van der Waals surface area contributed by atoms with Gasteiger partial charge in [-0.25, -0.2) is 0 Å². The zero-order chi connectivity index (χ0) is 19.2. The molecule has 1 aliphatic rings. The monoisotopic (exact) mass is 372 g/mol. The van der Waals surface area contributed by atoms with Crippen molar-refractivity contribution in [2.24, 2.45) is 0 Å². The molecule has 0 fully saturated rings. The molecule has 0 aliphatic carbocycles. The van der Waals surface area contributed by atoms with Crippen LogP contribution in [0.1, 0.15) is 16.7 Å². The molecule has 3 aromatic rings. The van der Waals surface area contributed by atoms with Crippen LogP contribution < -0.4 is 10.2 Å². The van der Waals surface area contributed by atoms with Crippen LogP contribution in [0.15, 0.2) is 78.9 Å². The number of rotatable bonds is 7. The molecule has 28 heavy (non-hydrogen) atoms. The highest BCUT2D eigenvalue weighted by Gasteiger charge is 2.19. The van der Waals surface area contributed by atoms with Crippen molar-refractivity contribution in [2.45, 2.75) is 19.6 Å². The molecule has 1 N–H and O–H groups in total. The van der Waals surface area contributed by atoms with Gasteiger partial charge in [0.2, 0.25) is 5.91 Å². The fourth-order valence-electron chi connectivity index (χ4n) is 3.58. The third-order valence-electron chi connectivity index (χ3n) is 4.98. The van der Waals surface area contributed by atoms with E-state index in [4.69, 9.17) is 4.74 Å². The van der Waals surface area contributed by atoms with E-state index in [0.717, 1.165) is 36.3 Å². The molecule has 4 nitrogen and oxygen atoms in total. The maximum Gasteiger partial charge on any atom is 0.250 e. The molecule has 0 bridgehead atoms. The summed E-state index contributed by atoms with van der Waals surface area (Å²) in [6.07, 6.45) is 1.07. The fourth-order valence-corrected chi connectivity index (χ4v) is 3.58. The summed E-state index contributed by atoms with van der Waals surface area (Å²) in [4.78, 5) is 14.7. The van der Waals surface area contributed by atoms with E-state index in [2.05, 4.69) is 40.5 Å². The number of nitrogens with zero attached hydrogens (tertiary/aromatic N) is 1. The third kappa shape index (κ3) is 4.41. The van der Waals surface area contributed by atoms with Crippen molar-refractivity contribution in [1.29, 1.82) is 0 Å². The number of fused-ring (bicyclic) bond motifs is 1. The van der Waals surface area contributed by atoms with Gasteiger partial charge >= 0.3 is 0 Å². The Labute approximate surface area is 165 Å². The Morgan fingerprint density at radius 1 is 0.929 bits per heavy atom. The van der Waals surface area contributed by atoms with E-state index in [-0.39, 0.29) is 12.5 Å². The van der Waals surface area contributed by atoms with Crippen molar-refractivity contribution < 1.29 is 9.53 Å². The van der Waals surface area contributed by atoms with Gasteiger partial charge in [0.25, 0.3) is 0 Å². The molecule has 0 aromatic heterocycles. The summed E-state index contributed by atoms with van der Waals surface area (Å²) in [6, 6.07) is 26.4. The lowest BCUT2D eigenvalue weighted by Crippen LogP contribution is -2.23. The van der Waals surface area contributed by atoms with Crippen LogP contribution in [0.5, 0.6) is 0 Å².